The Morgan fingerprint density at radius 2 is 2.29 bits per heavy atom. The number of thiazole rings is 1. The summed E-state index contributed by atoms with van der Waals surface area (Å²) in [6, 6.07) is 5.69. The second-order valence-electron chi connectivity index (χ2n) is 2.94. The molecule has 0 spiro atoms. The van der Waals surface area contributed by atoms with Crippen LogP contribution in [-0.4, -0.2) is 4.98 Å². The van der Waals surface area contributed by atoms with Crippen molar-refractivity contribution >= 4 is 17.0 Å². The highest BCUT2D eigenvalue weighted by molar-refractivity contribution is 7.11. The summed E-state index contributed by atoms with van der Waals surface area (Å²) in [5.41, 5.74) is 7.55. The van der Waals surface area contributed by atoms with Gasteiger partial charge in [0.25, 0.3) is 5.19 Å². The first kappa shape index (κ1) is 9.02. The van der Waals surface area contributed by atoms with E-state index in [-0.39, 0.29) is 0 Å². The first-order valence-corrected chi connectivity index (χ1v) is 5.07. The zero-order valence-corrected chi connectivity index (χ0v) is 8.54. The summed E-state index contributed by atoms with van der Waals surface area (Å²) in [4.78, 5) is 4.02. The van der Waals surface area contributed by atoms with E-state index in [1.165, 1.54) is 11.3 Å². The third-order valence-electron chi connectivity index (χ3n) is 1.77. The van der Waals surface area contributed by atoms with Gasteiger partial charge < -0.3 is 10.5 Å². The summed E-state index contributed by atoms with van der Waals surface area (Å²) in [6.45, 7) is 1.99. The minimum Gasteiger partial charge on any atom is -0.429 e. The Kier molecular flexibility index (Phi) is 2.37. The van der Waals surface area contributed by atoms with E-state index in [0.29, 0.717) is 16.6 Å². The molecule has 72 valence electrons. The van der Waals surface area contributed by atoms with Crippen LogP contribution in [0.15, 0.2) is 29.8 Å². The fourth-order valence-corrected chi connectivity index (χ4v) is 1.61. The van der Waals surface area contributed by atoms with E-state index in [2.05, 4.69) is 4.98 Å². The summed E-state index contributed by atoms with van der Waals surface area (Å²) in [7, 11) is 0. The molecule has 4 heteroatoms. The third kappa shape index (κ3) is 1.85. The maximum Gasteiger partial charge on any atom is 0.278 e. The normalized spacial score (nSPS) is 10.1. The molecule has 3 nitrogen and oxygen atoms in total. The fourth-order valence-electron chi connectivity index (χ4n) is 1.12. The fraction of sp³-hybridized carbons (Fsp3) is 0.100. The number of ether oxygens (including phenoxy) is 1. The van der Waals surface area contributed by atoms with Gasteiger partial charge in [-0.3, -0.25) is 0 Å². The van der Waals surface area contributed by atoms with E-state index in [1.807, 2.05) is 30.5 Å². The lowest BCUT2D eigenvalue weighted by molar-refractivity contribution is 0.481. The molecule has 2 rings (SSSR count). The quantitative estimate of drug-likeness (QED) is 0.768. The van der Waals surface area contributed by atoms with E-state index in [1.54, 1.807) is 6.20 Å². The van der Waals surface area contributed by atoms with Gasteiger partial charge in [-0.05, 0) is 24.6 Å². The van der Waals surface area contributed by atoms with Gasteiger partial charge in [0.15, 0.2) is 5.75 Å². The van der Waals surface area contributed by atoms with Gasteiger partial charge in [0, 0.05) is 11.6 Å². The van der Waals surface area contributed by atoms with Gasteiger partial charge in [0.05, 0.1) is 5.69 Å². The largest absolute Gasteiger partial charge is 0.429 e. The van der Waals surface area contributed by atoms with Gasteiger partial charge in [-0.15, -0.1) is 0 Å². The van der Waals surface area contributed by atoms with Crippen molar-refractivity contribution in [2.75, 3.05) is 5.73 Å². The Balaban J connectivity index is 2.25. The van der Waals surface area contributed by atoms with E-state index in [0.717, 1.165) is 5.56 Å². The molecule has 0 radical (unpaired) electrons. The molecule has 0 unspecified atom stereocenters. The molecule has 1 aromatic heterocycles. The van der Waals surface area contributed by atoms with Gasteiger partial charge in [0.1, 0.15) is 0 Å². The van der Waals surface area contributed by atoms with Crippen LogP contribution in [0.3, 0.4) is 0 Å². The van der Waals surface area contributed by atoms with Gasteiger partial charge in [-0.25, -0.2) is 4.98 Å². The molecular weight excluding hydrogens is 196 g/mol. The van der Waals surface area contributed by atoms with Crippen LogP contribution in [0.4, 0.5) is 5.69 Å². The van der Waals surface area contributed by atoms with Crippen molar-refractivity contribution in [3.63, 3.8) is 0 Å². The van der Waals surface area contributed by atoms with Crippen molar-refractivity contribution in [2.45, 2.75) is 6.92 Å². The Labute approximate surface area is 86.2 Å². The number of hydrogen-bond donors (Lipinski definition) is 1. The maximum absolute atomic E-state index is 5.79. The van der Waals surface area contributed by atoms with E-state index in [4.69, 9.17) is 10.5 Å². The maximum atomic E-state index is 5.79. The molecule has 0 aliphatic rings. The molecule has 0 saturated carbocycles. The number of hydrogen-bond acceptors (Lipinski definition) is 4. The van der Waals surface area contributed by atoms with Gasteiger partial charge in [-0.2, -0.15) is 0 Å². The SMILES string of the molecule is Cc1ccc(Oc2nccs2)c(N)c1. The summed E-state index contributed by atoms with van der Waals surface area (Å²) in [5, 5.41) is 2.47. The highest BCUT2D eigenvalue weighted by Gasteiger charge is 2.03. The predicted molar refractivity (Wildman–Crippen MR) is 57.8 cm³/mol. The number of rotatable bonds is 2. The summed E-state index contributed by atoms with van der Waals surface area (Å²) in [6.07, 6.45) is 1.70. The molecular formula is C10H10N2OS. The standard InChI is InChI=1S/C10H10N2OS/c1-7-2-3-9(8(11)6-7)13-10-12-4-5-14-10/h2-6H,11H2,1H3. The first-order valence-electron chi connectivity index (χ1n) is 4.19. The number of benzene rings is 1. The number of nitrogens with zero attached hydrogens (tertiary/aromatic N) is 1. The van der Waals surface area contributed by atoms with Crippen LogP contribution in [0.25, 0.3) is 0 Å². The molecule has 0 aliphatic carbocycles. The molecule has 14 heavy (non-hydrogen) atoms. The van der Waals surface area contributed by atoms with Gasteiger partial charge in [0.2, 0.25) is 0 Å². The molecule has 1 heterocycles. The third-order valence-corrected chi connectivity index (χ3v) is 2.42. The number of nitrogen functional groups attached to an aromatic ring is 1. The van der Waals surface area contributed by atoms with Crippen LogP contribution in [0.2, 0.25) is 0 Å². The van der Waals surface area contributed by atoms with Gasteiger partial charge >= 0.3 is 0 Å². The Hall–Kier alpha value is -1.55. The van der Waals surface area contributed by atoms with Crippen molar-refractivity contribution in [1.82, 2.24) is 4.98 Å². The second-order valence-corrected chi connectivity index (χ2v) is 3.80. The number of aromatic nitrogens is 1. The average Bonchev–Trinajstić information content (AvgIpc) is 2.62. The molecule has 0 bridgehead atoms. The molecule has 1 aromatic carbocycles. The van der Waals surface area contributed by atoms with Gasteiger partial charge in [-0.1, -0.05) is 17.4 Å². The summed E-state index contributed by atoms with van der Waals surface area (Å²) < 4.78 is 5.49. The Morgan fingerprint density at radius 3 is 2.93 bits per heavy atom. The Bertz CT molecular complexity index is 426. The van der Waals surface area contributed by atoms with Crippen molar-refractivity contribution < 1.29 is 4.74 Å². The van der Waals surface area contributed by atoms with Crippen LogP contribution in [0.1, 0.15) is 5.56 Å². The van der Waals surface area contributed by atoms with Crippen LogP contribution in [-0.2, 0) is 0 Å². The van der Waals surface area contributed by atoms with Crippen LogP contribution in [0, 0.1) is 6.92 Å². The highest BCUT2D eigenvalue weighted by atomic mass is 32.1. The molecule has 2 N–H and O–H groups in total. The topological polar surface area (TPSA) is 48.1 Å². The molecule has 0 atom stereocenters. The van der Waals surface area contributed by atoms with Crippen LogP contribution >= 0.6 is 11.3 Å². The number of nitrogens with two attached hydrogens (primary N) is 1. The second kappa shape index (κ2) is 3.67. The van der Waals surface area contributed by atoms with Crippen molar-refractivity contribution in [3.8, 4) is 10.9 Å². The smallest absolute Gasteiger partial charge is 0.278 e. The van der Waals surface area contributed by atoms with Crippen molar-refractivity contribution in [3.05, 3.63) is 35.3 Å². The van der Waals surface area contributed by atoms with E-state index >= 15 is 0 Å². The molecule has 0 saturated heterocycles. The number of aryl methyl sites for hydroxylation is 1. The minimum atomic E-state index is 0.612. The molecule has 0 amide bonds. The minimum absolute atomic E-state index is 0.612. The Morgan fingerprint density at radius 1 is 1.43 bits per heavy atom. The van der Waals surface area contributed by atoms with Crippen LogP contribution in [0.5, 0.6) is 10.9 Å². The molecule has 2 aromatic rings. The monoisotopic (exact) mass is 206 g/mol. The average molecular weight is 206 g/mol. The zero-order valence-electron chi connectivity index (χ0n) is 7.73. The predicted octanol–water partition coefficient (Wildman–Crippen LogP) is 2.83. The number of anilines is 1. The lowest BCUT2D eigenvalue weighted by atomic mass is 10.2. The highest BCUT2D eigenvalue weighted by Crippen LogP contribution is 2.28. The zero-order chi connectivity index (χ0) is 9.97. The molecule has 0 aliphatic heterocycles. The summed E-state index contributed by atoms with van der Waals surface area (Å²) >= 11 is 1.44. The lowest BCUT2D eigenvalue weighted by Crippen LogP contribution is -1.92. The van der Waals surface area contributed by atoms with Crippen LogP contribution < -0.4 is 10.5 Å². The lowest BCUT2D eigenvalue weighted by Gasteiger charge is -2.05. The van der Waals surface area contributed by atoms with Crippen molar-refractivity contribution in [2.24, 2.45) is 0 Å². The van der Waals surface area contributed by atoms with E-state index < -0.39 is 0 Å². The first-order chi connectivity index (χ1) is 6.75. The molecule has 0 fully saturated rings. The summed E-state index contributed by atoms with van der Waals surface area (Å²) in [5.74, 6) is 0.658. The van der Waals surface area contributed by atoms with E-state index in [9.17, 15) is 0 Å². The van der Waals surface area contributed by atoms with Crippen molar-refractivity contribution in [1.29, 1.82) is 0 Å².